The average molecular weight is 461 g/mol. The highest BCUT2D eigenvalue weighted by atomic mass is 35.5. The normalized spacial score (nSPS) is 22.0. The number of hydrogen-bond acceptors (Lipinski definition) is 5. The maximum atomic E-state index is 14.7. The van der Waals surface area contributed by atoms with Gasteiger partial charge >= 0.3 is 0 Å². The Morgan fingerprint density at radius 2 is 1.91 bits per heavy atom. The quantitative estimate of drug-likeness (QED) is 0.363. The molecular formula is C25H34ClFN4O. The largest absolute Gasteiger partial charge is 0.383 e. The van der Waals surface area contributed by atoms with Crippen molar-refractivity contribution in [2.45, 2.75) is 57.9 Å². The molecule has 0 aromatic carbocycles. The predicted octanol–water partition coefficient (Wildman–Crippen LogP) is 5.49. The van der Waals surface area contributed by atoms with Crippen LogP contribution in [0.15, 0.2) is 24.5 Å². The van der Waals surface area contributed by atoms with E-state index in [4.69, 9.17) is 16.3 Å². The summed E-state index contributed by atoms with van der Waals surface area (Å²) in [5, 5.41) is 7.31. The van der Waals surface area contributed by atoms with Gasteiger partial charge < -0.3 is 15.4 Å². The van der Waals surface area contributed by atoms with Crippen LogP contribution in [0, 0.1) is 17.2 Å². The Hall–Kier alpha value is -1.76. The summed E-state index contributed by atoms with van der Waals surface area (Å²) in [5.41, 5.74) is 3.24. The van der Waals surface area contributed by atoms with Gasteiger partial charge in [0.15, 0.2) is 0 Å². The summed E-state index contributed by atoms with van der Waals surface area (Å²) in [4.78, 5) is 8.68. The Kier molecular flexibility index (Phi) is 7.64. The van der Waals surface area contributed by atoms with Crippen molar-refractivity contribution >= 4 is 17.3 Å². The summed E-state index contributed by atoms with van der Waals surface area (Å²) >= 11 is 6.38. The van der Waals surface area contributed by atoms with Gasteiger partial charge in [-0.3, -0.25) is 4.98 Å². The van der Waals surface area contributed by atoms with Crippen LogP contribution in [0.5, 0.6) is 0 Å². The van der Waals surface area contributed by atoms with Crippen LogP contribution >= 0.6 is 11.6 Å². The topological polar surface area (TPSA) is 59.1 Å². The lowest BCUT2D eigenvalue weighted by molar-refractivity contribution is 0.188. The lowest BCUT2D eigenvalue weighted by atomic mass is 9.83. The first-order valence-electron chi connectivity index (χ1n) is 11.7. The standard InChI is InChI=1S/C25H34ClFN4O/c1-25(7-8-25)16-31-20-13-22(24(26)30-14-20)21-12-19(29-15-23(21)27)11-17-3-5-18(6-4-17)28-9-10-32-2/h12-15,17-18,28,31H,3-11,16H2,1-2H3. The Bertz CT molecular complexity index is 913. The van der Waals surface area contributed by atoms with E-state index in [0.717, 1.165) is 63.2 Å². The van der Waals surface area contributed by atoms with Crippen molar-refractivity contribution in [1.82, 2.24) is 15.3 Å². The molecular weight excluding hydrogens is 427 g/mol. The van der Waals surface area contributed by atoms with Crippen molar-refractivity contribution in [3.8, 4) is 11.1 Å². The highest BCUT2D eigenvalue weighted by Crippen LogP contribution is 2.45. The van der Waals surface area contributed by atoms with E-state index in [1.54, 1.807) is 13.3 Å². The number of ether oxygens (including phenoxy) is 1. The van der Waals surface area contributed by atoms with Crippen molar-refractivity contribution in [2.24, 2.45) is 11.3 Å². The van der Waals surface area contributed by atoms with Crippen LogP contribution in [0.1, 0.15) is 51.1 Å². The second-order valence-electron chi connectivity index (χ2n) is 9.75. The van der Waals surface area contributed by atoms with E-state index < -0.39 is 0 Å². The minimum Gasteiger partial charge on any atom is -0.383 e. The summed E-state index contributed by atoms with van der Waals surface area (Å²) < 4.78 is 19.9. The number of nitrogens with zero attached hydrogens (tertiary/aromatic N) is 2. The smallest absolute Gasteiger partial charge is 0.149 e. The molecule has 0 aliphatic heterocycles. The Balaban J connectivity index is 1.41. The van der Waals surface area contributed by atoms with Gasteiger partial charge in [-0.25, -0.2) is 9.37 Å². The fourth-order valence-electron chi connectivity index (χ4n) is 4.47. The molecule has 0 atom stereocenters. The zero-order chi connectivity index (χ0) is 22.6. The van der Waals surface area contributed by atoms with Crippen LogP contribution in [0.3, 0.4) is 0 Å². The second kappa shape index (κ2) is 10.4. The van der Waals surface area contributed by atoms with Crippen LogP contribution in [0.25, 0.3) is 11.1 Å². The molecule has 0 spiro atoms. The molecule has 7 heteroatoms. The summed E-state index contributed by atoms with van der Waals surface area (Å²) in [7, 11) is 1.73. The van der Waals surface area contributed by atoms with Gasteiger partial charge in [-0.15, -0.1) is 0 Å². The molecule has 4 rings (SSSR count). The number of aromatic nitrogens is 2. The molecule has 2 heterocycles. The summed E-state index contributed by atoms with van der Waals surface area (Å²) in [6.45, 7) is 4.80. The van der Waals surface area contributed by atoms with Gasteiger partial charge in [-0.2, -0.15) is 0 Å². The first-order chi connectivity index (χ1) is 15.5. The van der Waals surface area contributed by atoms with Gasteiger partial charge in [0.2, 0.25) is 0 Å². The van der Waals surface area contributed by atoms with E-state index in [1.165, 1.54) is 19.0 Å². The lowest BCUT2D eigenvalue weighted by Crippen LogP contribution is -2.35. The first kappa shape index (κ1) is 23.4. The molecule has 0 unspecified atom stereocenters. The maximum Gasteiger partial charge on any atom is 0.149 e. The van der Waals surface area contributed by atoms with Crippen LogP contribution in [-0.4, -0.2) is 42.8 Å². The number of anilines is 1. The van der Waals surface area contributed by atoms with Crippen molar-refractivity contribution in [3.63, 3.8) is 0 Å². The SMILES string of the molecule is COCCNC1CCC(Cc2cc(-c3cc(NCC4(C)CC4)cnc3Cl)c(F)cn2)CC1. The van der Waals surface area contributed by atoms with Gasteiger partial charge in [-0.1, -0.05) is 18.5 Å². The summed E-state index contributed by atoms with van der Waals surface area (Å²) in [6, 6.07) is 4.32. The number of nitrogens with one attached hydrogen (secondary N) is 2. The zero-order valence-electron chi connectivity index (χ0n) is 19.1. The highest BCUT2D eigenvalue weighted by Gasteiger charge is 2.36. The lowest BCUT2D eigenvalue weighted by Gasteiger charge is -2.29. The Labute approximate surface area is 195 Å². The molecule has 2 aromatic rings. The Morgan fingerprint density at radius 3 is 2.62 bits per heavy atom. The number of rotatable bonds is 10. The maximum absolute atomic E-state index is 14.7. The van der Waals surface area contributed by atoms with Gasteiger partial charge in [0.1, 0.15) is 11.0 Å². The molecule has 2 saturated carbocycles. The van der Waals surface area contributed by atoms with Gasteiger partial charge in [0.05, 0.1) is 24.7 Å². The van der Waals surface area contributed by atoms with Crippen molar-refractivity contribution in [2.75, 3.05) is 32.1 Å². The number of halogens is 2. The molecule has 2 aromatic heterocycles. The monoisotopic (exact) mass is 460 g/mol. The minimum absolute atomic E-state index is 0.312. The van der Waals surface area contributed by atoms with Gasteiger partial charge in [-0.05, 0) is 68.4 Å². The summed E-state index contributed by atoms with van der Waals surface area (Å²) in [5.74, 6) is 0.206. The van der Waals surface area contributed by atoms with E-state index in [1.807, 2.05) is 12.1 Å². The highest BCUT2D eigenvalue weighted by molar-refractivity contribution is 6.32. The molecule has 0 bridgehead atoms. The first-order valence-corrected chi connectivity index (χ1v) is 12.1. The van der Waals surface area contributed by atoms with E-state index >= 15 is 0 Å². The van der Waals surface area contributed by atoms with Crippen LogP contribution < -0.4 is 10.6 Å². The molecule has 174 valence electrons. The second-order valence-corrected chi connectivity index (χ2v) is 10.1. The zero-order valence-corrected chi connectivity index (χ0v) is 19.8. The predicted molar refractivity (Wildman–Crippen MR) is 128 cm³/mol. The Morgan fingerprint density at radius 1 is 1.12 bits per heavy atom. The third-order valence-electron chi connectivity index (χ3n) is 6.95. The average Bonchev–Trinajstić information content (AvgIpc) is 3.53. The molecule has 2 fully saturated rings. The van der Waals surface area contributed by atoms with Crippen LogP contribution in [0.4, 0.5) is 10.1 Å². The molecule has 2 N–H and O–H groups in total. The van der Waals surface area contributed by atoms with Gasteiger partial charge in [0.25, 0.3) is 0 Å². The minimum atomic E-state index is -0.366. The van der Waals surface area contributed by atoms with Gasteiger partial charge in [0, 0.05) is 43.1 Å². The van der Waals surface area contributed by atoms with Crippen molar-refractivity contribution in [1.29, 1.82) is 0 Å². The molecule has 2 aliphatic rings. The van der Waals surface area contributed by atoms with E-state index in [9.17, 15) is 4.39 Å². The summed E-state index contributed by atoms with van der Waals surface area (Å²) in [6.07, 6.45) is 11.0. The molecule has 32 heavy (non-hydrogen) atoms. The molecule has 2 aliphatic carbocycles. The van der Waals surface area contributed by atoms with E-state index in [0.29, 0.717) is 33.7 Å². The number of methoxy groups -OCH3 is 1. The third-order valence-corrected chi connectivity index (χ3v) is 7.25. The third kappa shape index (κ3) is 6.18. The molecule has 0 amide bonds. The van der Waals surface area contributed by atoms with Crippen molar-refractivity contribution < 1.29 is 9.13 Å². The fourth-order valence-corrected chi connectivity index (χ4v) is 4.68. The molecule has 0 saturated heterocycles. The number of pyridine rings is 2. The molecule has 5 nitrogen and oxygen atoms in total. The molecule has 0 radical (unpaired) electrons. The number of hydrogen-bond donors (Lipinski definition) is 2. The fraction of sp³-hybridized carbons (Fsp3) is 0.600. The van der Waals surface area contributed by atoms with Crippen molar-refractivity contribution in [3.05, 3.63) is 41.2 Å². The van der Waals surface area contributed by atoms with Crippen LogP contribution in [0.2, 0.25) is 5.15 Å². The van der Waals surface area contributed by atoms with E-state index in [2.05, 4.69) is 27.5 Å². The van der Waals surface area contributed by atoms with Crippen LogP contribution in [-0.2, 0) is 11.2 Å². The van der Waals surface area contributed by atoms with E-state index in [-0.39, 0.29) is 5.82 Å².